The fraction of sp³-hybridized carbons (Fsp3) is 0.536. The number of carbonyl (C=O) groups excluding carboxylic acids is 1. The highest BCUT2D eigenvalue weighted by atomic mass is 32.1. The van der Waals surface area contributed by atoms with E-state index in [9.17, 15) is 9.90 Å². The van der Waals surface area contributed by atoms with E-state index in [-0.39, 0.29) is 24.4 Å². The smallest absolute Gasteiger partial charge is 0.338 e. The van der Waals surface area contributed by atoms with E-state index in [4.69, 9.17) is 14.2 Å². The van der Waals surface area contributed by atoms with Gasteiger partial charge in [-0.1, -0.05) is 44.2 Å². The molecular weight excluding hydrogens is 448 g/mol. The quantitative estimate of drug-likeness (QED) is 0.211. The lowest BCUT2D eigenvalue weighted by Gasteiger charge is -2.40. The molecule has 1 aromatic carbocycles. The van der Waals surface area contributed by atoms with Gasteiger partial charge < -0.3 is 19.3 Å². The van der Waals surface area contributed by atoms with Crippen molar-refractivity contribution in [3.05, 3.63) is 69.1 Å². The van der Waals surface area contributed by atoms with Crippen LogP contribution in [0.1, 0.15) is 67.2 Å². The standard InChI is InChI=1S/C28H36O5S/c1-19(2)15-28(14-13-20-7-5-4-6-8-20)16-23(29)26(27(30)33-28)25(21-9-10-21)24-12-11-22(34-24)17-32-18-31-3/h4-8,11-12,19,21,25,29H,9-10,13-18H2,1-3H3. The van der Waals surface area contributed by atoms with Crippen molar-refractivity contribution in [2.75, 3.05) is 13.9 Å². The van der Waals surface area contributed by atoms with Crippen molar-refractivity contribution in [3.63, 3.8) is 0 Å². The number of aliphatic hydroxyl groups is 1. The summed E-state index contributed by atoms with van der Waals surface area (Å²) in [6.07, 6.45) is 4.76. The molecule has 6 heteroatoms. The van der Waals surface area contributed by atoms with E-state index in [0.717, 1.165) is 35.4 Å². The molecule has 2 atom stereocenters. The second-order valence-corrected chi connectivity index (χ2v) is 11.3. The molecule has 1 aliphatic carbocycles. The normalized spacial score (nSPS) is 21.7. The monoisotopic (exact) mass is 484 g/mol. The van der Waals surface area contributed by atoms with Gasteiger partial charge in [-0.05, 0) is 61.6 Å². The van der Waals surface area contributed by atoms with Gasteiger partial charge in [0.1, 0.15) is 18.2 Å². The summed E-state index contributed by atoms with van der Waals surface area (Å²) in [5, 5.41) is 11.3. The van der Waals surface area contributed by atoms with Crippen molar-refractivity contribution < 1.29 is 24.1 Å². The van der Waals surface area contributed by atoms with Crippen LogP contribution in [-0.2, 0) is 32.0 Å². The van der Waals surface area contributed by atoms with E-state index in [1.807, 2.05) is 24.3 Å². The number of carbonyl (C=O) groups is 1. The van der Waals surface area contributed by atoms with Crippen LogP contribution in [0.25, 0.3) is 0 Å². The molecule has 0 bridgehead atoms. The van der Waals surface area contributed by atoms with Crippen molar-refractivity contribution >= 4 is 17.3 Å². The largest absolute Gasteiger partial charge is 0.512 e. The Kier molecular flexibility index (Phi) is 8.12. The molecule has 1 saturated carbocycles. The molecule has 2 heterocycles. The third-order valence-corrected chi connectivity index (χ3v) is 7.80. The van der Waals surface area contributed by atoms with Gasteiger partial charge >= 0.3 is 5.97 Å². The van der Waals surface area contributed by atoms with Gasteiger partial charge in [0, 0.05) is 29.2 Å². The van der Waals surface area contributed by atoms with Crippen molar-refractivity contribution in [2.45, 2.75) is 70.5 Å². The summed E-state index contributed by atoms with van der Waals surface area (Å²) in [6, 6.07) is 14.4. The number of esters is 1. The lowest BCUT2D eigenvalue weighted by Crippen LogP contribution is -2.43. The van der Waals surface area contributed by atoms with Gasteiger partial charge in [-0.2, -0.15) is 0 Å². The van der Waals surface area contributed by atoms with Crippen molar-refractivity contribution in [3.8, 4) is 0 Å². The molecule has 2 aromatic rings. The highest BCUT2D eigenvalue weighted by molar-refractivity contribution is 7.12. The molecule has 5 nitrogen and oxygen atoms in total. The summed E-state index contributed by atoms with van der Waals surface area (Å²) < 4.78 is 16.7. The van der Waals surface area contributed by atoms with Crippen LogP contribution in [-0.4, -0.2) is 30.6 Å². The second-order valence-electron chi connectivity index (χ2n) is 10.1. The minimum absolute atomic E-state index is 0.111. The van der Waals surface area contributed by atoms with E-state index < -0.39 is 5.60 Å². The maximum Gasteiger partial charge on any atom is 0.338 e. The van der Waals surface area contributed by atoms with E-state index in [1.165, 1.54) is 5.56 Å². The third kappa shape index (κ3) is 6.09. The minimum atomic E-state index is -0.669. The third-order valence-electron chi connectivity index (χ3n) is 6.66. The fourth-order valence-electron chi connectivity index (χ4n) is 5.13. The van der Waals surface area contributed by atoms with E-state index in [0.29, 0.717) is 36.9 Å². The van der Waals surface area contributed by atoms with Gasteiger partial charge in [0.2, 0.25) is 0 Å². The zero-order valence-corrected chi connectivity index (χ0v) is 21.2. The average Bonchev–Trinajstić information content (AvgIpc) is 3.53. The predicted octanol–water partition coefficient (Wildman–Crippen LogP) is 6.54. The van der Waals surface area contributed by atoms with Gasteiger partial charge in [-0.3, -0.25) is 0 Å². The molecule has 2 unspecified atom stereocenters. The Morgan fingerprint density at radius 1 is 1.18 bits per heavy atom. The Balaban J connectivity index is 1.57. The maximum absolute atomic E-state index is 13.5. The van der Waals surface area contributed by atoms with Gasteiger partial charge in [-0.25, -0.2) is 4.79 Å². The molecule has 1 aromatic heterocycles. The molecular formula is C28H36O5S. The molecule has 0 radical (unpaired) electrons. The maximum atomic E-state index is 13.5. The van der Waals surface area contributed by atoms with Crippen LogP contribution in [0.2, 0.25) is 0 Å². The number of thiophene rings is 1. The summed E-state index contributed by atoms with van der Waals surface area (Å²) in [4.78, 5) is 15.7. The molecule has 0 spiro atoms. The number of rotatable bonds is 12. The first kappa shape index (κ1) is 25.0. The number of aryl methyl sites for hydroxylation is 1. The van der Waals surface area contributed by atoms with Crippen molar-refractivity contribution in [1.82, 2.24) is 0 Å². The minimum Gasteiger partial charge on any atom is -0.512 e. The van der Waals surface area contributed by atoms with E-state index >= 15 is 0 Å². The number of methoxy groups -OCH3 is 1. The molecule has 4 rings (SSSR count). The highest BCUT2D eigenvalue weighted by Crippen LogP contribution is 2.52. The molecule has 184 valence electrons. The summed E-state index contributed by atoms with van der Waals surface area (Å²) in [5.41, 5.74) is 1.01. The van der Waals surface area contributed by atoms with Crippen molar-refractivity contribution in [2.24, 2.45) is 11.8 Å². The first-order chi connectivity index (χ1) is 16.4. The Morgan fingerprint density at radius 2 is 1.94 bits per heavy atom. The summed E-state index contributed by atoms with van der Waals surface area (Å²) in [7, 11) is 1.60. The average molecular weight is 485 g/mol. The zero-order chi connectivity index (χ0) is 24.1. The molecule has 0 saturated heterocycles. The van der Waals surface area contributed by atoms with Gasteiger partial charge in [0.05, 0.1) is 12.2 Å². The molecule has 1 N–H and O–H groups in total. The Labute approximate surface area is 206 Å². The first-order valence-electron chi connectivity index (χ1n) is 12.3. The van der Waals surface area contributed by atoms with Crippen LogP contribution >= 0.6 is 11.3 Å². The zero-order valence-electron chi connectivity index (χ0n) is 20.4. The number of hydrogen-bond acceptors (Lipinski definition) is 6. The predicted molar refractivity (Wildman–Crippen MR) is 134 cm³/mol. The first-order valence-corrected chi connectivity index (χ1v) is 13.1. The number of hydrogen-bond donors (Lipinski definition) is 1. The fourth-order valence-corrected chi connectivity index (χ4v) is 6.29. The lowest BCUT2D eigenvalue weighted by atomic mass is 9.79. The van der Waals surface area contributed by atoms with Crippen molar-refractivity contribution in [1.29, 1.82) is 0 Å². The van der Waals surface area contributed by atoms with E-state index in [2.05, 4.69) is 32.0 Å². The molecule has 34 heavy (non-hydrogen) atoms. The topological polar surface area (TPSA) is 65.0 Å². The van der Waals surface area contributed by atoms with Gasteiger partial charge in [0.25, 0.3) is 0 Å². The second kappa shape index (κ2) is 11.1. The van der Waals surface area contributed by atoms with Gasteiger partial charge in [-0.15, -0.1) is 11.3 Å². The number of cyclic esters (lactones) is 1. The molecule has 1 fully saturated rings. The van der Waals surface area contributed by atoms with Crippen LogP contribution in [0, 0.1) is 11.8 Å². The summed E-state index contributed by atoms with van der Waals surface area (Å²) >= 11 is 1.64. The van der Waals surface area contributed by atoms with Crippen LogP contribution in [0.3, 0.4) is 0 Å². The Morgan fingerprint density at radius 3 is 2.59 bits per heavy atom. The van der Waals surface area contributed by atoms with Crippen LogP contribution < -0.4 is 0 Å². The lowest BCUT2D eigenvalue weighted by molar-refractivity contribution is -0.162. The Bertz CT molecular complexity index is 991. The summed E-state index contributed by atoms with van der Waals surface area (Å²) in [5.74, 6) is 0.481. The summed E-state index contributed by atoms with van der Waals surface area (Å²) in [6.45, 7) is 5.00. The van der Waals surface area contributed by atoms with Crippen LogP contribution in [0.5, 0.6) is 0 Å². The number of aliphatic hydroxyl groups excluding tert-OH is 1. The van der Waals surface area contributed by atoms with Crippen LogP contribution in [0.4, 0.5) is 0 Å². The molecule has 0 amide bonds. The highest BCUT2D eigenvalue weighted by Gasteiger charge is 2.47. The molecule has 1 aliphatic heterocycles. The number of ether oxygens (including phenoxy) is 3. The number of benzene rings is 1. The Hall–Kier alpha value is -2.15. The molecule has 2 aliphatic rings. The van der Waals surface area contributed by atoms with E-state index in [1.54, 1.807) is 18.4 Å². The van der Waals surface area contributed by atoms with Crippen LogP contribution in [0.15, 0.2) is 53.8 Å². The van der Waals surface area contributed by atoms with Gasteiger partial charge in [0.15, 0.2) is 0 Å². The SMILES string of the molecule is COCOCc1ccc(C(C2=C(O)CC(CCc3ccccc3)(CC(C)C)OC2=O)C2CC2)s1.